The van der Waals surface area contributed by atoms with Crippen LogP contribution < -0.4 is 5.32 Å². The van der Waals surface area contributed by atoms with Crippen molar-refractivity contribution in [3.8, 4) is 0 Å². The average Bonchev–Trinajstić information content (AvgIpc) is 2.81. The van der Waals surface area contributed by atoms with Crippen LogP contribution >= 0.6 is 0 Å². The van der Waals surface area contributed by atoms with Gasteiger partial charge in [-0.25, -0.2) is 0 Å². The van der Waals surface area contributed by atoms with E-state index >= 15 is 0 Å². The Labute approximate surface area is 97.2 Å². The van der Waals surface area contributed by atoms with Crippen LogP contribution in [0.2, 0.25) is 0 Å². The number of furan rings is 1. The summed E-state index contributed by atoms with van der Waals surface area (Å²) in [6, 6.07) is 5.05. The summed E-state index contributed by atoms with van der Waals surface area (Å²) in [7, 11) is 0. The van der Waals surface area contributed by atoms with Crippen LogP contribution in [0, 0.1) is 0 Å². The fourth-order valence-corrected chi connectivity index (χ4v) is 2.17. The first kappa shape index (κ1) is 11.7. The summed E-state index contributed by atoms with van der Waals surface area (Å²) in [5, 5.41) is 3.61. The van der Waals surface area contributed by atoms with Crippen molar-refractivity contribution in [1.82, 2.24) is 5.32 Å². The van der Waals surface area contributed by atoms with Crippen molar-refractivity contribution >= 4 is 0 Å². The van der Waals surface area contributed by atoms with E-state index in [2.05, 4.69) is 12.2 Å². The van der Waals surface area contributed by atoms with Gasteiger partial charge >= 0.3 is 0 Å². The molecule has 1 aromatic rings. The van der Waals surface area contributed by atoms with E-state index in [9.17, 15) is 0 Å². The summed E-state index contributed by atoms with van der Waals surface area (Å²) in [6.45, 7) is 4.03. The highest BCUT2D eigenvalue weighted by atomic mass is 16.5. The van der Waals surface area contributed by atoms with Crippen LogP contribution in [0.1, 0.15) is 31.9 Å². The number of aryl methyl sites for hydroxylation is 1. The Hall–Kier alpha value is -0.800. The fourth-order valence-electron chi connectivity index (χ4n) is 2.17. The third-order valence-corrected chi connectivity index (χ3v) is 3.08. The summed E-state index contributed by atoms with van der Waals surface area (Å²) in [5.74, 6) is 1.08. The van der Waals surface area contributed by atoms with E-state index in [1.807, 2.05) is 12.1 Å². The van der Waals surface area contributed by atoms with Crippen LogP contribution in [0.5, 0.6) is 0 Å². The monoisotopic (exact) mass is 223 g/mol. The zero-order valence-corrected chi connectivity index (χ0v) is 9.95. The predicted octanol–water partition coefficient (Wildman–Crippen LogP) is 2.37. The van der Waals surface area contributed by atoms with Gasteiger partial charge in [-0.2, -0.15) is 0 Å². The van der Waals surface area contributed by atoms with Gasteiger partial charge in [0.1, 0.15) is 5.76 Å². The molecule has 1 aliphatic rings. The van der Waals surface area contributed by atoms with Crippen molar-refractivity contribution in [3.63, 3.8) is 0 Å². The lowest BCUT2D eigenvalue weighted by Crippen LogP contribution is -2.42. The third kappa shape index (κ3) is 3.65. The van der Waals surface area contributed by atoms with Gasteiger partial charge < -0.3 is 14.5 Å². The molecule has 1 saturated heterocycles. The molecular formula is C13H21NO2. The summed E-state index contributed by atoms with van der Waals surface area (Å²) in [4.78, 5) is 0. The molecule has 1 fully saturated rings. The Balaban J connectivity index is 1.65. The maximum absolute atomic E-state index is 5.45. The largest absolute Gasteiger partial charge is 0.469 e. The SMILES string of the molecule is CC(CCc1ccco1)NC1CCCOC1. The molecule has 0 aromatic carbocycles. The molecule has 1 N–H and O–H groups in total. The Bertz CT molecular complexity index is 278. The second kappa shape index (κ2) is 6.06. The molecule has 2 atom stereocenters. The molecule has 0 saturated carbocycles. The molecule has 90 valence electrons. The molecule has 3 nitrogen and oxygen atoms in total. The van der Waals surface area contributed by atoms with Gasteiger partial charge in [0.05, 0.1) is 12.9 Å². The number of nitrogens with one attached hydrogen (secondary N) is 1. The summed E-state index contributed by atoms with van der Waals surface area (Å²) >= 11 is 0. The van der Waals surface area contributed by atoms with Gasteiger partial charge in [-0.3, -0.25) is 0 Å². The van der Waals surface area contributed by atoms with Gasteiger partial charge in [-0.1, -0.05) is 0 Å². The minimum atomic E-state index is 0.525. The minimum absolute atomic E-state index is 0.525. The lowest BCUT2D eigenvalue weighted by molar-refractivity contribution is 0.0667. The molecule has 2 rings (SSSR count). The smallest absolute Gasteiger partial charge is 0.103 e. The lowest BCUT2D eigenvalue weighted by Gasteiger charge is -2.26. The van der Waals surface area contributed by atoms with E-state index in [0.717, 1.165) is 31.8 Å². The summed E-state index contributed by atoms with van der Waals surface area (Å²) < 4.78 is 10.8. The first-order valence-corrected chi connectivity index (χ1v) is 6.21. The first-order valence-electron chi connectivity index (χ1n) is 6.21. The van der Waals surface area contributed by atoms with E-state index in [0.29, 0.717) is 12.1 Å². The highest BCUT2D eigenvalue weighted by molar-refractivity contribution is 4.98. The zero-order chi connectivity index (χ0) is 11.2. The topological polar surface area (TPSA) is 34.4 Å². The third-order valence-electron chi connectivity index (χ3n) is 3.08. The molecule has 0 bridgehead atoms. The van der Waals surface area contributed by atoms with E-state index in [1.54, 1.807) is 6.26 Å². The quantitative estimate of drug-likeness (QED) is 0.832. The molecule has 2 heterocycles. The van der Waals surface area contributed by atoms with Crippen LogP contribution in [0.4, 0.5) is 0 Å². The molecule has 0 spiro atoms. The van der Waals surface area contributed by atoms with Crippen LogP contribution in [0.25, 0.3) is 0 Å². The molecule has 1 aliphatic heterocycles. The number of ether oxygens (including phenoxy) is 1. The number of hydrogen-bond donors (Lipinski definition) is 1. The van der Waals surface area contributed by atoms with Crippen LogP contribution in [0.15, 0.2) is 22.8 Å². The Morgan fingerprint density at radius 3 is 3.19 bits per heavy atom. The average molecular weight is 223 g/mol. The number of hydrogen-bond acceptors (Lipinski definition) is 3. The van der Waals surface area contributed by atoms with Crippen molar-refractivity contribution in [1.29, 1.82) is 0 Å². The molecule has 0 amide bonds. The molecule has 3 heteroatoms. The van der Waals surface area contributed by atoms with Crippen LogP contribution in [-0.2, 0) is 11.2 Å². The first-order chi connectivity index (χ1) is 7.84. The second-order valence-electron chi connectivity index (χ2n) is 4.60. The van der Waals surface area contributed by atoms with Gasteiger partial charge in [0.2, 0.25) is 0 Å². The summed E-state index contributed by atoms with van der Waals surface area (Å²) in [5.41, 5.74) is 0. The van der Waals surface area contributed by atoms with Crippen LogP contribution in [-0.4, -0.2) is 25.3 Å². The van der Waals surface area contributed by atoms with Gasteiger partial charge in [-0.15, -0.1) is 0 Å². The van der Waals surface area contributed by atoms with Crippen molar-refractivity contribution in [3.05, 3.63) is 24.2 Å². The highest BCUT2D eigenvalue weighted by Crippen LogP contribution is 2.10. The van der Waals surface area contributed by atoms with Crippen LogP contribution in [0.3, 0.4) is 0 Å². The molecule has 0 aliphatic carbocycles. The normalized spacial score (nSPS) is 23.2. The van der Waals surface area contributed by atoms with Gasteiger partial charge in [0.15, 0.2) is 0 Å². The van der Waals surface area contributed by atoms with Crippen molar-refractivity contribution in [2.45, 2.75) is 44.7 Å². The standard InChI is InChI=1S/C13H21NO2/c1-11(6-7-13-5-3-9-16-13)14-12-4-2-8-15-10-12/h3,5,9,11-12,14H,2,4,6-8,10H2,1H3. The maximum Gasteiger partial charge on any atom is 0.103 e. The maximum atomic E-state index is 5.45. The highest BCUT2D eigenvalue weighted by Gasteiger charge is 2.15. The Morgan fingerprint density at radius 2 is 2.50 bits per heavy atom. The molecular weight excluding hydrogens is 202 g/mol. The van der Waals surface area contributed by atoms with E-state index in [4.69, 9.17) is 9.15 Å². The fraction of sp³-hybridized carbons (Fsp3) is 0.692. The van der Waals surface area contributed by atoms with Gasteiger partial charge in [0, 0.05) is 25.1 Å². The van der Waals surface area contributed by atoms with E-state index in [1.165, 1.54) is 12.8 Å². The Kier molecular flexibility index (Phi) is 4.43. The molecule has 2 unspecified atom stereocenters. The second-order valence-corrected chi connectivity index (χ2v) is 4.60. The lowest BCUT2D eigenvalue weighted by atomic mass is 10.1. The predicted molar refractivity (Wildman–Crippen MR) is 63.5 cm³/mol. The minimum Gasteiger partial charge on any atom is -0.469 e. The number of rotatable bonds is 5. The Morgan fingerprint density at radius 1 is 1.56 bits per heavy atom. The van der Waals surface area contributed by atoms with Crippen molar-refractivity contribution < 1.29 is 9.15 Å². The zero-order valence-electron chi connectivity index (χ0n) is 9.95. The van der Waals surface area contributed by atoms with Gasteiger partial charge in [-0.05, 0) is 38.3 Å². The molecule has 1 aromatic heterocycles. The van der Waals surface area contributed by atoms with Gasteiger partial charge in [0.25, 0.3) is 0 Å². The summed E-state index contributed by atoms with van der Waals surface area (Å²) in [6.07, 6.45) is 6.29. The van der Waals surface area contributed by atoms with E-state index in [-0.39, 0.29) is 0 Å². The van der Waals surface area contributed by atoms with Crippen molar-refractivity contribution in [2.24, 2.45) is 0 Å². The molecule has 0 radical (unpaired) electrons. The van der Waals surface area contributed by atoms with E-state index < -0.39 is 0 Å². The van der Waals surface area contributed by atoms with Crippen molar-refractivity contribution in [2.75, 3.05) is 13.2 Å². The molecule has 16 heavy (non-hydrogen) atoms.